The summed E-state index contributed by atoms with van der Waals surface area (Å²) in [6, 6.07) is 15.4. The smallest absolute Gasteiger partial charge is 0.321 e. The van der Waals surface area contributed by atoms with E-state index < -0.39 is 5.41 Å². The molecule has 2 aromatic rings. The quantitative estimate of drug-likeness (QED) is 0.610. The number of para-hydroxylation sites is 1. The number of halogens is 1. The maximum absolute atomic E-state index is 13.6. The van der Waals surface area contributed by atoms with Crippen LogP contribution in [0, 0.1) is 5.82 Å². The van der Waals surface area contributed by atoms with E-state index in [1.807, 2.05) is 24.3 Å². The molecule has 0 amide bonds. The molecular weight excluding hydrogens is 279 g/mol. The number of carbonyl (C=O) groups is 1. The van der Waals surface area contributed by atoms with Gasteiger partial charge < -0.3 is 4.74 Å². The number of benzene rings is 2. The van der Waals surface area contributed by atoms with E-state index in [0.29, 0.717) is 18.6 Å². The minimum Gasteiger partial charge on any atom is -0.426 e. The molecule has 0 radical (unpaired) electrons. The van der Waals surface area contributed by atoms with Gasteiger partial charge in [0.1, 0.15) is 11.6 Å². The Bertz CT molecular complexity index is 645. The molecule has 3 heteroatoms. The van der Waals surface area contributed by atoms with Crippen LogP contribution in [0.2, 0.25) is 0 Å². The zero-order valence-corrected chi connectivity index (χ0v) is 12.4. The van der Waals surface area contributed by atoms with Gasteiger partial charge >= 0.3 is 5.97 Å². The fourth-order valence-corrected chi connectivity index (χ4v) is 3.25. The number of carbonyl (C=O) groups excluding carboxylic acids is 1. The van der Waals surface area contributed by atoms with Crippen LogP contribution < -0.4 is 4.74 Å². The SMILES string of the molecule is O=C(Oc1ccccc1)C1(c2cccc(F)c2)CCCCC1. The molecule has 0 aliphatic heterocycles. The summed E-state index contributed by atoms with van der Waals surface area (Å²) in [5.41, 5.74) is 0.00375. The summed E-state index contributed by atoms with van der Waals surface area (Å²) in [6.45, 7) is 0. The van der Waals surface area contributed by atoms with Gasteiger partial charge in [0, 0.05) is 0 Å². The summed E-state index contributed by atoms with van der Waals surface area (Å²) < 4.78 is 19.2. The monoisotopic (exact) mass is 298 g/mol. The van der Waals surface area contributed by atoms with Crippen LogP contribution >= 0.6 is 0 Å². The van der Waals surface area contributed by atoms with Gasteiger partial charge in [0.2, 0.25) is 0 Å². The van der Waals surface area contributed by atoms with Gasteiger partial charge in [-0.15, -0.1) is 0 Å². The van der Waals surface area contributed by atoms with Gasteiger partial charge in [-0.25, -0.2) is 4.39 Å². The number of hydrogen-bond acceptors (Lipinski definition) is 2. The van der Waals surface area contributed by atoms with Crippen LogP contribution in [0.15, 0.2) is 54.6 Å². The van der Waals surface area contributed by atoms with Crippen molar-refractivity contribution in [2.75, 3.05) is 0 Å². The molecule has 0 atom stereocenters. The van der Waals surface area contributed by atoms with Crippen molar-refractivity contribution in [1.82, 2.24) is 0 Å². The fraction of sp³-hybridized carbons (Fsp3) is 0.316. The molecule has 0 N–H and O–H groups in total. The molecule has 114 valence electrons. The lowest BCUT2D eigenvalue weighted by atomic mass is 9.69. The van der Waals surface area contributed by atoms with E-state index in [0.717, 1.165) is 24.8 Å². The summed E-state index contributed by atoms with van der Waals surface area (Å²) >= 11 is 0. The third kappa shape index (κ3) is 2.89. The molecular formula is C19H19FO2. The zero-order chi connectivity index (χ0) is 15.4. The largest absolute Gasteiger partial charge is 0.426 e. The van der Waals surface area contributed by atoms with Crippen LogP contribution in [-0.4, -0.2) is 5.97 Å². The topological polar surface area (TPSA) is 26.3 Å². The van der Waals surface area contributed by atoms with Crippen LogP contribution in [0.3, 0.4) is 0 Å². The minimum atomic E-state index is -0.726. The van der Waals surface area contributed by atoms with Crippen molar-refractivity contribution in [3.8, 4) is 5.75 Å². The molecule has 2 aromatic carbocycles. The van der Waals surface area contributed by atoms with Crippen molar-refractivity contribution in [2.24, 2.45) is 0 Å². The molecule has 0 unspecified atom stereocenters. The summed E-state index contributed by atoms with van der Waals surface area (Å²) in [5.74, 6) is -0.0483. The van der Waals surface area contributed by atoms with Crippen molar-refractivity contribution in [3.63, 3.8) is 0 Å². The van der Waals surface area contributed by atoms with Crippen molar-refractivity contribution in [1.29, 1.82) is 0 Å². The van der Waals surface area contributed by atoms with Crippen LogP contribution in [0.4, 0.5) is 4.39 Å². The van der Waals surface area contributed by atoms with Gasteiger partial charge in [0.15, 0.2) is 0 Å². The Hall–Kier alpha value is -2.16. The maximum Gasteiger partial charge on any atom is 0.321 e. The van der Waals surface area contributed by atoms with E-state index in [1.165, 1.54) is 12.1 Å². The van der Waals surface area contributed by atoms with Crippen molar-refractivity contribution < 1.29 is 13.9 Å². The molecule has 0 bridgehead atoms. The molecule has 1 aliphatic carbocycles. The van der Waals surface area contributed by atoms with Gasteiger partial charge in [-0.05, 0) is 42.7 Å². The van der Waals surface area contributed by atoms with E-state index in [2.05, 4.69) is 0 Å². The standard InChI is InChI=1S/C19H19FO2/c20-16-9-7-8-15(14-16)19(12-5-2-6-13-19)18(21)22-17-10-3-1-4-11-17/h1,3-4,7-11,14H,2,5-6,12-13H2. The first kappa shape index (κ1) is 14.8. The lowest BCUT2D eigenvalue weighted by Gasteiger charge is -2.35. The van der Waals surface area contributed by atoms with E-state index in [-0.39, 0.29) is 11.8 Å². The zero-order valence-electron chi connectivity index (χ0n) is 12.4. The van der Waals surface area contributed by atoms with Crippen molar-refractivity contribution in [3.05, 3.63) is 66.0 Å². The Morgan fingerprint density at radius 2 is 1.68 bits per heavy atom. The molecule has 22 heavy (non-hydrogen) atoms. The van der Waals surface area contributed by atoms with Crippen LogP contribution in [0.5, 0.6) is 5.75 Å². The van der Waals surface area contributed by atoms with Gasteiger partial charge in [-0.1, -0.05) is 49.6 Å². The summed E-state index contributed by atoms with van der Waals surface area (Å²) in [4.78, 5) is 12.9. The second-order valence-corrected chi connectivity index (χ2v) is 5.86. The predicted octanol–water partition coefficient (Wildman–Crippen LogP) is 4.63. The highest BCUT2D eigenvalue weighted by Crippen LogP contribution is 2.41. The molecule has 0 aromatic heterocycles. The Labute approximate surface area is 129 Å². The highest BCUT2D eigenvalue weighted by molar-refractivity contribution is 5.85. The summed E-state index contributed by atoms with van der Waals surface area (Å²) in [6.07, 6.45) is 4.45. The third-order valence-electron chi connectivity index (χ3n) is 4.43. The molecule has 0 heterocycles. The van der Waals surface area contributed by atoms with Crippen LogP contribution in [0.25, 0.3) is 0 Å². The molecule has 0 saturated heterocycles. The number of ether oxygens (including phenoxy) is 1. The normalized spacial score (nSPS) is 17.0. The third-order valence-corrected chi connectivity index (χ3v) is 4.43. The fourth-order valence-electron chi connectivity index (χ4n) is 3.25. The van der Waals surface area contributed by atoms with E-state index in [4.69, 9.17) is 4.74 Å². The maximum atomic E-state index is 13.6. The highest BCUT2D eigenvalue weighted by Gasteiger charge is 2.43. The van der Waals surface area contributed by atoms with Crippen molar-refractivity contribution in [2.45, 2.75) is 37.5 Å². The number of hydrogen-bond donors (Lipinski definition) is 0. The Morgan fingerprint density at radius 3 is 2.36 bits per heavy atom. The lowest BCUT2D eigenvalue weighted by Crippen LogP contribution is -2.41. The average molecular weight is 298 g/mol. The summed E-state index contributed by atoms with van der Waals surface area (Å²) in [5, 5.41) is 0. The molecule has 1 saturated carbocycles. The van der Waals surface area contributed by atoms with Gasteiger partial charge in [-0.3, -0.25) is 4.79 Å². The first-order valence-electron chi connectivity index (χ1n) is 7.74. The van der Waals surface area contributed by atoms with Gasteiger partial charge in [0.25, 0.3) is 0 Å². The van der Waals surface area contributed by atoms with Crippen LogP contribution in [-0.2, 0) is 10.2 Å². The average Bonchev–Trinajstić information content (AvgIpc) is 2.56. The number of rotatable bonds is 3. The Kier molecular flexibility index (Phi) is 4.23. The Balaban J connectivity index is 1.93. The molecule has 3 rings (SSSR count). The molecule has 2 nitrogen and oxygen atoms in total. The Morgan fingerprint density at radius 1 is 0.955 bits per heavy atom. The number of esters is 1. The molecule has 1 aliphatic rings. The lowest BCUT2D eigenvalue weighted by molar-refractivity contribution is -0.142. The van der Waals surface area contributed by atoms with Crippen LogP contribution in [0.1, 0.15) is 37.7 Å². The van der Waals surface area contributed by atoms with Gasteiger partial charge in [0.05, 0.1) is 5.41 Å². The first-order valence-corrected chi connectivity index (χ1v) is 7.74. The predicted molar refractivity (Wildman–Crippen MR) is 83.2 cm³/mol. The second-order valence-electron chi connectivity index (χ2n) is 5.86. The van der Waals surface area contributed by atoms with E-state index in [1.54, 1.807) is 18.2 Å². The van der Waals surface area contributed by atoms with E-state index >= 15 is 0 Å². The highest BCUT2D eigenvalue weighted by atomic mass is 19.1. The van der Waals surface area contributed by atoms with Gasteiger partial charge in [-0.2, -0.15) is 0 Å². The summed E-state index contributed by atoms with van der Waals surface area (Å²) in [7, 11) is 0. The minimum absolute atomic E-state index is 0.274. The van der Waals surface area contributed by atoms with Crippen molar-refractivity contribution >= 4 is 5.97 Å². The molecule has 0 spiro atoms. The molecule has 1 fully saturated rings. The first-order chi connectivity index (χ1) is 10.7. The second kappa shape index (κ2) is 6.30. The van der Waals surface area contributed by atoms with E-state index in [9.17, 15) is 9.18 Å².